The van der Waals surface area contributed by atoms with E-state index in [4.69, 9.17) is 0 Å². The molecular weight excluding hydrogens is 141 g/mol. The summed E-state index contributed by atoms with van der Waals surface area (Å²) in [4.78, 5) is 2.48. The molecule has 0 aromatic heterocycles. The Kier molecular flexibility index (Phi) is 9.62. The van der Waals surface area contributed by atoms with E-state index in [1.807, 2.05) is 0 Å². The molecule has 0 heterocycles. The van der Waals surface area contributed by atoms with Gasteiger partial charge in [-0.3, -0.25) is 0 Å². The Bertz CT molecular complexity index is 112. The van der Waals surface area contributed by atoms with Crippen LogP contribution in [0.1, 0.15) is 26.7 Å². The molecule has 0 aromatic rings. The van der Waals surface area contributed by atoms with E-state index in [-0.39, 0.29) is 0 Å². The zero-order valence-electron chi connectivity index (χ0n) is 8.84. The van der Waals surface area contributed by atoms with Crippen molar-refractivity contribution in [2.45, 2.75) is 31.8 Å². The summed E-state index contributed by atoms with van der Waals surface area (Å²) < 4.78 is 0. The van der Waals surface area contributed by atoms with Crippen molar-refractivity contribution in [3.05, 3.63) is 12.2 Å². The number of unbranched alkanes of at least 4 members (excludes halogenated alkanes) is 1. The summed E-state index contributed by atoms with van der Waals surface area (Å²) in [5, 5.41) is 1.16. The number of likely N-dealkylation sites (N-methyl/N-ethyl adjacent to an activating group) is 1. The molecule has 0 atom stereocenters. The van der Waals surface area contributed by atoms with Crippen LogP contribution in [0.4, 0.5) is 0 Å². The molecule has 0 fully saturated rings. The standard InChI is InChI=1S/C10H20N.Li/c1-4-7-9-11(6-3)10-8-5-2;/h4,7H,1,5-6,8-10H2,2-3H3;/b7-4+;. The van der Waals surface area contributed by atoms with Crippen LogP contribution in [0.3, 0.4) is 0 Å². The van der Waals surface area contributed by atoms with Gasteiger partial charge in [-0.15, -0.1) is 0 Å². The Morgan fingerprint density at radius 3 is 2.50 bits per heavy atom. The van der Waals surface area contributed by atoms with Crippen LogP contribution in [0.5, 0.6) is 0 Å². The average Bonchev–Trinajstić information content (AvgIpc) is 2.11. The molecule has 0 saturated heterocycles. The third-order valence-corrected chi connectivity index (χ3v) is 2.04. The molecule has 0 aromatic carbocycles. The van der Waals surface area contributed by atoms with Gasteiger partial charge in [-0.05, 0) is 0 Å². The molecule has 0 spiro atoms. The second-order valence-corrected chi connectivity index (χ2v) is 3.13. The maximum absolute atomic E-state index is 2.48. The van der Waals surface area contributed by atoms with E-state index in [0.717, 1.165) is 11.6 Å². The molecule has 0 amide bonds. The third kappa shape index (κ3) is 6.97. The van der Waals surface area contributed by atoms with Gasteiger partial charge < -0.3 is 0 Å². The fraction of sp³-hybridized carbons (Fsp3) is 0.800. The summed E-state index contributed by atoms with van der Waals surface area (Å²) in [6.45, 7) is 8.03. The van der Waals surface area contributed by atoms with Crippen molar-refractivity contribution in [2.24, 2.45) is 0 Å². The van der Waals surface area contributed by atoms with Crippen LogP contribution in [0.15, 0.2) is 12.2 Å². The van der Waals surface area contributed by atoms with E-state index in [9.17, 15) is 0 Å². The van der Waals surface area contributed by atoms with Crippen LogP contribution < -0.4 is 0 Å². The van der Waals surface area contributed by atoms with Crippen molar-refractivity contribution in [1.82, 2.24) is 4.90 Å². The van der Waals surface area contributed by atoms with Crippen LogP contribution in [0, 0.1) is 0 Å². The van der Waals surface area contributed by atoms with Crippen molar-refractivity contribution in [2.75, 3.05) is 19.6 Å². The van der Waals surface area contributed by atoms with E-state index >= 15 is 0 Å². The molecule has 2 heteroatoms. The summed E-state index contributed by atoms with van der Waals surface area (Å²) in [5.41, 5.74) is 0. The summed E-state index contributed by atoms with van der Waals surface area (Å²) in [6.07, 6.45) is 7.15. The number of nitrogens with zero attached hydrogens (tertiary/aromatic N) is 1. The minimum absolute atomic E-state index is 1.13. The molecule has 0 bridgehead atoms. The summed E-state index contributed by atoms with van der Waals surface area (Å²) in [6, 6.07) is 0. The van der Waals surface area contributed by atoms with Crippen molar-refractivity contribution >= 4 is 17.7 Å². The van der Waals surface area contributed by atoms with Gasteiger partial charge in [0.25, 0.3) is 0 Å². The topological polar surface area (TPSA) is 3.24 Å². The van der Waals surface area contributed by atoms with E-state index < -0.39 is 0 Å². The molecular formula is C10H20LiN. The van der Waals surface area contributed by atoms with E-state index in [1.54, 1.807) is 0 Å². The molecule has 0 aliphatic rings. The quantitative estimate of drug-likeness (QED) is 0.409. The Balaban J connectivity index is 3.45. The average molecular weight is 161 g/mol. The molecule has 0 radical (unpaired) electrons. The molecule has 12 heavy (non-hydrogen) atoms. The Labute approximate surface area is 86.4 Å². The van der Waals surface area contributed by atoms with Gasteiger partial charge in [0, 0.05) is 0 Å². The summed E-state index contributed by atoms with van der Waals surface area (Å²) in [7, 11) is 0. The number of allylic oxidation sites excluding steroid dienone is 1. The van der Waals surface area contributed by atoms with E-state index in [0.29, 0.717) is 0 Å². The number of hydrogen-bond acceptors (Lipinski definition) is 1. The molecule has 0 aliphatic carbocycles. The monoisotopic (exact) mass is 161 g/mol. The van der Waals surface area contributed by atoms with Gasteiger partial charge in [0.1, 0.15) is 0 Å². The first-order valence-electron chi connectivity index (χ1n) is 5.22. The molecule has 0 aliphatic heterocycles. The van der Waals surface area contributed by atoms with Crippen LogP contribution in [0.2, 0.25) is 5.09 Å². The first kappa shape index (κ1) is 12.3. The second-order valence-electron chi connectivity index (χ2n) is 3.13. The normalized spacial score (nSPS) is 11.8. The predicted molar refractivity (Wildman–Crippen MR) is 56.7 cm³/mol. The maximum atomic E-state index is 2.48. The second kappa shape index (κ2) is 9.39. The Hall–Kier alpha value is 0.297. The van der Waals surface area contributed by atoms with Gasteiger partial charge in [-0.25, -0.2) is 0 Å². The van der Waals surface area contributed by atoms with Gasteiger partial charge in [0.15, 0.2) is 0 Å². The van der Waals surface area contributed by atoms with Crippen LogP contribution in [-0.2, 0) is 0 Å². The first-order valence-corrected chi connectivity index (χ1v) is 5.22. The fourth-order valence-electron chi connectivity index (χ4n) is 1.15. The van der Waals surface area contributed by atoms with Gasteiger partial charge in [-0.2, -0.15) is 0 Å². The third-order valence-electron chi connectivity index (χ3n) is 2.04. The molecule has 0 N–H and O–H groups in total. The summed E-state index contributed by atoms with van der Waals surface area (Å²) >= 11 is 2.18. The zero-order chi connectivity index (χ0) is 9.23. The van der Waals surface area contributed by atoms with Gasteiger partial charge in [-0.1, -0.05) is 0 Å². The zero-order valence-corrected chi connectivity index (χ0v) is 8.84. The number of hydrogen-bond donors (Lipinski definition) is 0. The van der Waals surface area contributed by atoms with E-state index in [2.05, 4.69) is 48.6 Å². The Morgan fingerprint density at radius 1 is 1.25 bits per heavy atom. The molecule has 0 unspecified atom stereocenters. The molecule has 0 rings (SSSR count). The van der Waals surface area contributed by atoms with Crippen LogP contribution >= 0.6 is 0 Å². The Morgan fingerprint density at radius 2 is 2.00 bits per heavy atom. The SMILES string of the molecule is [Li][CH2]/C=C/CN(CC)CCCC. The number of rotatable bonds is 7. The van der Waals surface area contributed by atoms with Gasteiger partial charge >= 0.3 is 86.2 Å². The van der Waals surface area contributed by atoms with Gasteiger partial charge in [0.2, 0.25) is 0 Å². The van der Waals surface area contributed by atoms with Crippen molar-refractivity contribution < 1.29 is 0 Å². The van der Waals surface area contributed by atoms with E-state index in [1.165, 1.54) is 25.9 Å². The van der Waals surface area contributed by atoms with Crippen molar-refractivity contribution in [3.8, 4) is 0 Å². The molecule has 66 valence electrons. The van der Waals surface area contributed by atoms with Crippen LogP contribution in [0.25, 0.3) is 0 Å². The first-order chi connectivity index (χ1) is 5.85. The molecule has 1 nitrogen and oxygen atoms in total. The van der Waals surface area contributed by atoms with Crippen LogP contribution in [-0.4, -0.2) is 42.2 Å². The van der Waals surface area contributed by atoms with Gasteiger partial charge in [0.05, 0.1) is 0 Å². The predicted octanol–water partition coefficient (Wildman–Crippen LogP) is 2.25. The van der Waals surface area contributed by atoms with Crippen molar-refractivity contribution in [3.63, 3.8) is 0 Å². The molecule has 0 saturated carbocycles. The minimum atomic E-state index is 1.13. The summed E-state index contributed by atoms with van der Waals surface area (Å²) in [5.74, 6) is 0. The van der Waals surface area contributed by atoms with Crippen molar-refractivity contribution in [1.29, 1.82) is 0 Å². The fourth-order valence-corrected chi connectivity index (χ4v) is 1.15.